The first-order chi connectivity index (χ1) is 8.22. The second-order valence-corrected chi connectivity index (χ2v) is 4.29. The molecule has 1 aromatic heterocycles. The number of aromatic nitrogens is 2. The van der Waals surface area contributed by atoms with Gasteiger partial charge in [0.25, 0.3) is 0 Å². The highest BCUT2D eigenvalue weighted by molar-refractivity contribution is 5.31. The van der Waals surface area contributed by atoms with E-state index in [-0.39, 0.29) is 6.04 Å². The molecule has 2 aromatic rings. The van der Waals surface area contributed by atoms with Crippen LogP contribution in [0, 0.1) is 0 Å². The summed E-state index contributed by atoms with van der Waals surface area (Å²) in [4.78, 5) is 4.40. The topological polar surface area (TPSA) is 43.8 Å². The molecule has 3 heteroatoms. The Morgan fingerprint density at radius 3 is 2.82 bits per heavy atom. The third kappa shape index (κ3) is 2.56. The van der Waals surface area contributed by atoms with Gasteiger partial charge < -0.3 is 10.3 Å². The maximum atomic E-state index is 5.99. The Bertz CT molecular complexity index is 486. The summed E-state index contributed by atoms with van der Waals surface area (Å²) in [5.74, 6) is 1.10. The molecule has 0 saturated carbocycles. The second-order valence-electron chi connectivity index (χ2n) is 4.29. The molecule has 2 rings (SSSR count). The van der Waals surface area contributed by atoms with Gasteiger partial charge in [0.2, 0.25) is 0 Å². The lowest BCUT2D eigenvalue weighted by atomic mass is 9.99. The lowest BCUT2D eigenvalue weighted by Gasteiger charge is -2.12. The van der Waals surface area contributed by atoms with E-state index >= 15 is 0 Å². The number of hydrogen-bond acceptors (Lipinski definition) is 2. The SMILES string of the molecule is CCn1ccnc1Cc1ccccc1C(C)N. The van der Waals surface area contributed by atoms with E-state index in [0.29, 0.717) is 0 Å². The van der Waals surface area contributed by atoms with E-state index in [4.69, 9.17) is 5.73 Å². The van der Waals surface area contributed by atoms with Crippen LogP contribution in [0.5, 0.6) is 0 Å². The minimum Gasteiger partial charge on any atom is -0.335 e. The molecule has 0 aliphatic carbocycles. The van der Waals surface area contributed by atoms with Gasteiger partial charge in [0.1, 0.15) is 5.82 Å². The van der Waals surface area contributed by atoms with Crippen molar-refractivity contribution < 1.29 is 0 Å². The van der Waals surface area contributed by atoms with Crippen LogP contribution in [-0.4, -0.2) is 9.55 Å². The van der Waals surface area contributed by atoms with Gasteiger partial charge in [0.15, 0.2) is 0 Å². The van der Waals surface area contributed by atoms with E-state index in [9.17, 15) is 0 Å². The van der Waals surface area contributed by atoms with Crippen LogP contribution in [0.4, 0.5) is 0 Å². The van der Waals surface area contributed by atoms with Crippen molar-refractivity contribution in [2.75, 3.05) is 0 Å². The van der Waals surface area contributed by atoms with Crippen molar-refractivity contribution in [3.05, 3.63) is 53.6 Å². The van der Waals surface area contributed by atoms with Gasteiger partial charge in [-0.1, -0.05) is 24.3 Å². The average molecular weight is 229 g/mol. The van der Waals surface area contributed by atoms with Crippen LogP contribution >= 0.6 is 0 Å². The summed E-state index contributed by atoms with van der Waals surface area (Å²) in [6.07, 6.45) is 4.72. The Balaban J connectivity index is 2.30. The molecule has 0 amide bonds. The quantitative estimate of drug-likeness (QED) is 0.875. The molecule has 1 unspecified atom stereocenters. The molecular weight excluding hydrogens is 210 g/mol. The molecule has 0 bridgehead atoms. The maximum Gasteiger partial charge on any atom is 0.113 e. The molecule has 17 heavy (non-hydrogen) atoms. The van der Waals surface area contributed by atoms with Crippen molar-refractivity contribution in [1.29, 1.82) is 0 Å². The molecule has 1 heterocycles. The van der Waals surface area contributed by atoms with Crippen molar-refractivity contribution in [1.82, 2.24) is 9.55 Å². The molecule has 2 N–H and O–H groups in total. The van der Waals surface area contributed by atoms with Gasteiger partial charge in [-0.05, 0) is 25.0 Å². The van der Waals surface area contributed by atoms with Crippen molar-refractivity contribution >= 4 is 0 Å². The first-order valence-electron chi connectivity index (χ1n) is 6.05. The van der Waals surface area contributed by atoms with Crippen molar-refractivity contribution in [3.63, 3.8) is 0 Å². The Kier molecular flexibility index (Phi) is 3.59. The summed E-state index contributed by atoms with van der Waals surface area (Å²) in [7, 11) is 0. The molecule has 0 fully saturated rings. The van der Waals surface area contributed by atoms with Gasteiger partial charge in [-0.15, -0.1) is 0 Å². The van der Waals surface area contributed by atoms with Crippen LogP contribution in [0.2, 0.25) is 0 Å². The lowest BCUT2D eigenvalue weighted by Crippen LogP contribution is -2.10. The van der Waals surface area contributed by atoms with Gasteiger partial charge in [-0.25, -0.2) is 4.98 Å². The molecule has 0 saturated heterocycles. The molecule has 1 atom stereocenters. The predicted octanol–water partition coefficient (Wildman–Crippen LogP) is 2.51. The number of aryl methyl sites for hydroxylation is 1. The van der Waals surface area contributed by atoms with Gasteiger partial charge >= 0.3 is 0 Å². The number of benzene rings is 1. The molecule has 3 nitrogen and oxygen atoms in total. The second kappa shape index (κ2) is 5.15. The Hall–Kier alpha value is -1.61. The van der Waals surface area contributed by atoms with E-state index in [1.807, 2.05) is 25.4 Å². The van der Waals surface area contributed by atoms with Crippen molar-refractivity contribution in [2.45, 2.75) is 32.9 Å². The Morgan fingerprint density at radius 2 is 2.12 bits per heavy atom. The minimum absolute atomic E-state index is 0.0660. The molecule has 0 aliphatic rings. The van der Waals surface area contributed by atoms with Crippen LogP contribution < -0.4 is 5.73 Å². The van der Waals surface area contributed by atoms with Crippen LogP contribution in [-0.2, 0) is 13.0 Å². The van der Waals surface area contributed by atoms with Crippen LogP contribution in [0.3, 0.4) is 0 Å². The van der Waals surface area contributed by atoms with E-state index in [0.717, 1.165) is 18.8 Å². The number of nitrogens with zero attached hydrogens (tertiary/aromatic N) is 2. The summed E-state index contributed by atoms with van der Waals surface area (Å²) < 4.78 is 2.16. The smallest absolute Gasteiger partial charge is 0.113 e. The predicted molar refractivity (Wildman–Crippen MR) is 69.8 cm³/mol. The third-order valence-corrected chi connectivity index (χ3v) is 3.04. The Labute approximate surface area is 102 Å². The highest BCUT2D eigenvalue weighted by Gasteiger charge is 2.09. The van der Waals surface area contributed by atoms with E-state index in [1.165, 1.54) is 11.1 Å². The average Bonchev–Trinajstić information content (AvgIpc) is 2.77. The number of rotatable bonds is 4. The highest BCUT2D eigenvalue weighted by Crippen LogP contribution is 2.18. The summed E-state index contributed by atoms with van der Waals surface area (Å²) in [5.41, 5.74) is 8.46. The zero-order valence-electron chi connectivity index (χ0n) is 10.4. The monoisotopic (exact) mass is 229 g/mol. The molecule has 0 radical (unpaired) electrons. The van der Waals surface area contributed by atoms with Crippen LogP contribution in [0.1, 0.15) is 36.8 Å². The van der Waals surface area contributed by atoms with Crippen LogP contribution in [0.25, 0.3) is 0 Å². The summed E-state index contributed by atoms with van der Waals surface area (Å²) in [6, 6.07) is 8.39. The lowest BCUT2D eigenvalue weighted by molar-refractivity contribution is 0.707. The van der Waals surface area contributed by atoms with Crippen LogP contribution in [0.15, 0.2) is 36.7 Å². The fourth-order valence-corrected chi connectivity index (χ4v) is 2.10. The first kappa shape index (κ1) is 11.9. The molecule has 1 aromatic carbocycles. The highest BCUT2D eigenvalue weighted by atomic mass is 15.0. The summed E-state index contributed by atoms with van der Waals surface area (Å²) in [5, 5.41) is 0. The normalized spacial score (nSPS) is 12.6. The standard InChI is InChI=1S/C14H19N3/c1-3-17-9-8-16-14(17)10-12-6-4-5-7-13(12)11(2)15/h4-9,11H,3,10,15H2,1-2H3. The third-order valence-electron chi connectivity index (χ3n) is 3.04. The van der Waals surface area contributed by atoms with Gasteiger partial charge in [-0.2, -0.15) is 0 Å². The van der Waals surface area contributed by atoms with Crippen molar-refractivity contribution in [3.8, 4) is 0 Å². The minimum atomic E-state index is 0.0660. The van der Waals surface area contributed by atoms with Crippen molar-refractivity contribution in [2.24, 2.45) is 5.73 Å². The molecular formula is C14H19N3. The zero-order valence-corrected chi connectivity index (χ0v) is 10.4. The molecule has 0 spiro atoms. The zero-order chi connectivity index (χ0) is 12.3. The largest absolute Gasteiger partial charge is 0.335 e. The molecule has 0 aliphatic heterocycles. The van der Waals surface area contributed by atoms with E-state index in [1.54, 1.807) is 0 Å². The van der Waals surface area contributed by atoms with E-state index < -0.39 is 0 Å². The Morgan fingerprint density at radius 1 is 1.35 bits per heavy atom. The maximum absolute atomic E-state index is 5.99. The number of imidazole rings is 1. The van der Waals surface area contributed by atoms with E-state index in [2.05, 4.69) is 34.7 Å². The van der Waals surface area contributed by atoms with Gasteiger partial charge in [0.05, 0.1) is 0 Å². The molecule has 90 valence electrons. The summed E-state index contributed by atoms with van der Waals surface area (Å²) >= 11 is 0. The number of nitrogens with two attached hydrogens (primary N) is 1. The van der Waals surface area contributed by atoms with Gasteiger partial charge in [0, 0.05) is 31.4 Å². The fraction of sp³-hybridized carbons (Fsp3) is 0.357. The number of hydrogen-bond donors (Lipinski definition) is 1. The fourth-order valence-electron chi connectivity index (χ4n) is 2.10. The first-order valence-corrected chi connectivity index (χ1v) is 6.05. The van der Waals surface area contributed by atoms with Gasteiger partial charge in [-0.3, -0.25) is 0 Å². The summed E-state index contributed by atoms with van der Waals surface area (Å²) in [6.45, 7) is 5.10.